The molecule has 13 heteroatoms. The van der Waals surface area contributed by atoms with Gasteiger partial charge in [0.2, 0.25) is 11.8 Å². The Bertz CT molecular complexity index is 1480. The van der Waals surface area contributed by atoms with E-state index in [4.69, 9.17) is 25.8 Å². The van der Waals surface area contributed by atoms with Crippen molar-refractivity contribution < 1.29 is 38.2 Å². The van der Waals surface area contributed by atoms with Crippen molar-refractivity contribution in [2.45, 2.75) is 52.4 Å². The first-order valence-electron chi connectivity index (χ1n) is 15.9. The fourth-order valence-corrected chi connectivity index (χ4v) is 5.96. The van der Waals surface area contributed by atoms with E-state index in [1.807, 2.05) is 6.07 Å². The fraction of sp³-hybridized carbons (Fsp3) is 0.500. The minimum atomic E-state index is -1.01. The van der Waals surface area contributed by atoms with Crippen LogP contribution in [-0.4, -0.2) is 81.0 Å². The van der Waals surface area contributed by atoms with Gasteiger partial charge in [-0.15, -0.1) is 0 Å². The Balaban J connectivity index is 1.59. The lowest BCUT2D eigenvalue weighted by Gasteiger charge is -2.32. The molecule has 1 fully saturated rings. The van der Waals surface area contributed by atoms with Crippen molar-refractivity contribution in [2.24, 2.45) is 11.3 Å². The molecular formula is C34H43ClN4O8. The summed E-state index contributed by atoms with van der Waals surface area (Å²) >= 11 is 6.42. The van der Waals surface area contributed by atoms with E-state index in [2.05, 4.69) is 16.0 Å². The number of amides is 4. The third-order valence-electron chi connectivity index (χ3n) is 8.18. The molecule has 1 atom stereocenters. The molecule has 2 bridgehead atoms. The number of methoxy groups -OCH3 is 1. The van der Waals surface area contributed by atoms with E-state index in [1.54, 1.807) is 25.1 Å². The quantitative estimate of drug-likeness (QED) is 0.377. The number of fused-ring (bicyclic) bond motifs is 2. The molecule has 0 saturated heterocycles. The van der Waals surface area contributed by atoms with Crippen molar-refractivity contribution in [3.8, 4) is 11.5 Å². The fourth-order valence-electron chi connectivity index (χ4n) is 5.69. The van der Waals surface area contributed by atoms with Crippen LogP contribution >= 0.6 is 11.6 Å². The molecule has 2 aliphatic rings. The number of nitrogens with one attached hydrogen (secondary N) is 3. The van der Waals surface area contributed by atoms with Gasteiger partial charge in [0.15, 0.2) is 18.1 Å². The molecule has 0 spiro atoms. The summed E-state index contributed by atoms with van der Waals surface area (Å²) in [6, 6.07) is 9.92. The van der Waals surface area contributed by atoms with Crippen LogP contribution in [0.2, 0.25) is 5.02 Å². The highest BCUT2D eigenvalue weighted by atomic mass is 35.5. The van der Waals surface area contributed by atoms with Gasteiger partial charge in [0, 0.05) is 45.2 Å². The summed E-state index contributed by atoms with van der Waals surface area (Å²) in [5.41, 5.74) is 0.436. The SMILES string of the molecule is CCOC(=O)C1(CC2CC2)CNC(=O)CCCN(C(=O)c2ccc(NC(C)=O)cc2Cl)CCNC(=O)COc2cc(ccc2OC)C1. The number of esters is 1. The predicted molar refractivity (Wildman–Crippen MR) is 176 cm³/mol. The van der Waals surface area contributed by atoms with Crippen molar-refractivity contribution >= 4 is 46.9 Å². The van der Waals surface area contributed by atoms with Crippen molar-refractivity contribution in [3.63, 3.8) is 0 Å². The van der Waals surface area contributed by atoms with Crippen LogP contribution in [0, 0.1) is 11.3 Å². The summed E-state index contributed by atoms with van der Waals surface area (Å²) in [5, 5.41) is 8.54. The third kappa shape index (κ3) is 10.1. The zero-order chi connectivity index (χ0) is 34.0. The molecule has 3 N–H and O–H groups in total. The van der Waals surface area contributed by atoms with E-state index < -0.39 is 17.2 Å². The van der Waals surface area contributed by atoms with Crippen LogP contribution in [0.1, 0.15) is 61.9 Å². The third-order valence-corrected chi connectivity index (χ3v) is 8.49. The Labute approximate surface area is 279 Å². The van der Waals surface area contributed by atoms with Gasteiger partial charge in [-0.3, -0.25) is 24.0 Å². The summed E-state index contributed by atoms with van der Waals surface area (Å²) in [5.74, 6) is -0.593. The number of hydrogen-bond acceptors (Lipinski definition) is 8. The van der Waals surface area contributed by atoms with E-state index >= 15 is 0 Å². The normalized spacial score (nSPS) is 19.6. The number of ether oxygens (including phenoxy) is 3. The standard InChI is InChI=1S/C34H43ClN4O8/c1-4-46-33(44)34(18-23-7-8-23)19-24-9-12-28(45-3)29(16-24)47-20-31(42)36-13-15-39(14-5-6-30(41)37-21-34)32(43)26-11-10-25(17-27(26)35)38-22(2)40/h9-12,16-17,23H,4-8,13-15,18-21H2,1-3H3,(H,36,42)(H,37,41)(H,38,40). The monoisotopic (exact) mass is 670 g/mol. The maximum absolute atomic E-state index is 13.6. The summed E-state index contributed by atoms with van der Waals surface area (Å²) in [4.78, 5) is 66.1. The first-order chi connectivity index (χ1) is 22.5. The van der Waals surface area contributed by atoms with Crippen molar-refractivity contribution in [1.29, 1.82) is 0 Å². The number of benzene rings is 2. The molecule has 1 saturated carbocycles. The van der Waals surface area contributed by atoms with Crippen LogP contribution in [-0.2, 0) is 30.3 Å². The Morgan fingerprint density at radius 3 is 2.55 bits per heavy atom. The Hall–Kier alpha value is -4.32. The van der Waals surface area contributed by atoms with Gasteiger partial charge in [0.25, 0.3) is 11.8 Å². The van der Waals surface area contributed by atoms with Crippen LogP contribution in [0.3, 0.4) is 0 Å². The summed E-state index contributed by atoms with van der Waals surface area (Å²) < 4.78 is 16.9. The van der Waals surface area contributed by atoms with Gasteiger partial charge >= 0.3 is 5.97 Å². The van der Waals surface area contributed by atoms with Gasteiger partial charge in [-0.25, -0.2) is 0 Å². The first kappa shape index (κ1) is 35.5. The number of halogens is 1. The molecular weight excluding hydrogens is 628 g/mol. The highest BCUT2D eigenvalue weighted by Crippen LogP contribution is 2.43. The number of carbonyl (C=O) groups excluding carboxylic acids is 5. The van der Waals surface area contributed by atoms with Crippen molar-refractivity contribution in [1.82, 2.24) is 15.5 Å². The average Bonchev–Trinajstić information content (AvgIpc) is 3.85. The molecule has 1 aliphatic carbocycles. The van der Waals surface area contributed by atoms with Crippen LogP contribution in [0.5, 0.6) is 11.5 Å². The number of rotatable bonds is 7. The summed E-state index contributed by atoms with van der Waals surface area (Å²) in [6.45, 7) is 3.59. The van der Waals surface area contributed by atoms with E-state index in [1.165, 1.54) is 31.1 Å². The van der Waals surface area contributed by atoms with Gasteiger partial charge in [-0.2, -0.15) is 0 Å². The van der Waals surface area contributed by atoms with Crippen LogP contribution in [0.4, 0.5) is 5.69 Å². The van der Waals surface area contributed by atoms with Gasteiger partial charge in [-0.05, 0) is 68.0 Å². The smallest absolute Gasteiger partial charge is 0.314 e. The van der Waals surface area contributed by atoms with Gasteiger partial charge in [-0.1, -0.05) is 30.5 Å². The van der Waals surface area contributed by atoms with E-state index in [-0.39, 0.29) is 74.2 Å². The summed E-state index contributed by atoms with van der Waals surface area (Å²) in [7, 11) is 1.50. The second-order valence-electron chi connectivity index (χ2n) is 12.0. The highest BCUT2D eigenvalue weighted by molar-refractivity contribution is 6.34. The van der Waals surface area contributed by atoms with E-state index in [0.29, 0.717) is 42.4 Å². The molecule has 2 aromatic rings. The highest BCUT2D eigenvalue weighted by Gasteiger charge is 2.45. The minimum absolute atomic E-state index is 0.0880. The Kier molecular flexibility index (Phi) is 12.5. The van der Waals surface area contributed by atoms with Crippen molar-refractivity contribution in [3.05, 3.63) is 52.5 Å². The average molecular weight is 671 g/mol. The maximum atomic E-state index is 13.6. The molecule has 0 radical (unpaired) electrons. The maximum Gasteiger partial charge on any atom is 0.314 e. The molecule has 47 heavy (non-hydrogen) atoms. The van der Waals surface area contributed by atoms with Gasteiger partial charge in [0.05, 0.1) is 29.7 Å². The molecule has 1 aliphatic heterocycles. The topological polar surface area (TPSA) is 152 Å². The predicted octanol–water partition coefficient (Wildman–Crippen LogP) is 3.75. The molecule has 1 unspecified atom stereocenters. The second kappa shape index (κ2) is 16.5. The number of anilines is 1. The molecule has 254 valence electrons. The Morgan fingerprint density at radius 1 is 1.09 bits per heavy atom. The number of hydrogen-bond donors (Lipinski definition) is 3. The van der Waals surface area contributed by atoms with E-state index in [9.17, 15) is 24.0 Å². The second-order valence-corrected chi connectivity index (χ2v) is 12.4. The molecule has 4 amide bonds. The number of carbonyl (C=O) groups is 5. The summed E-state index contributed by atoms with van der Waals surface area (Å²) in [6.07, 6.45) is 3.29. The zero-order valence-corrected chi connectivity index (χ0v) is 27.9. The lowest BCUT2D eigenvalue weighted by atomic mass is 9.76. The van der Waals surface area contributed by atoms with Crippen LogP contribution < -0.4 is 25.4 Å². The van der Waals surface area contributed by atoms with Gasteiger partial charge in [0.1, 0.15) is 0 Å². The first-order valence-corrected chi connectivity index (χ1v) is 16.3. The lowest BCUT2D eigenvalue weighted by molar-refractivity contribution is -0.156. The van der Waals surface area contributed by atoms with Crippen molar-refractivity contribution in [2.75, 3.05) is 51.8 Å². The van der Waals surface area contributed by atoms with E-state index in [0.717, 1.165) is 18.4 Å². The molecule has 1 heterocycles. The minimum Gasteiger partial charge on any atom is -0.493 e. The van der Waals surface area contributed by atoms with Crippen LogP contribution in [0.15, 0.2) is 36.4 Å². The Morgan fingerprint density at radius 2 is 1.87 bits per heavy atom. The largest absolute Gasteiger partial charge is 0.493 e. The van der Waals surface area contributed by atoms with Crippen LogP contribution in [0.25, 0.3) is 0 Å². The molecule has 12 nitrogen and oxygen atoms in total. The lowest BCUT2D eigenvalue weighted by Crippen LogP contribution is -2.46. The molecule has 4 rings (SSSR count). The zero-order valence-electron chi connectivity index (χ0n) is 27.1. The molecule has 0 aromatic heterocycles. The molecule has 2 aromatic carbocycles. The van der Waals surface area contributed by atoms with Gasteiger partial charge < -0.3 is 35.1 Å². The number of nitrogens with zero attached hydrogens (tertiary/aromatic N) is 1.